The number of carboxylic acid groups (broad SMARTS) is 2. The monoisotopic (exact) mass is 313 g/mol. The normalized spacial score (nSPS) is 24.7. The Morgan fingerprint density at radius 1 is 1.33 bits per heavy atom. The van der Waals surface area contributed by atoms with Crippen molar-refractivity contribution in [2.75, 3.05) is 26.3 Å². The molecule has 1 unspecified atom stereocenters. The molecule has 2 rings (SSSR count). The number of rotatable bonds is 3. The third-order valence-corrected chi connectivity index (χ3v) is 3.38. The van der Waals surface area contributed by atoms with Gasteiger partial charge in [-0.15, -0.1) is 0 Å². The lowest BCUT2D eigenvalue weighted by Crippen LogP contribution is -2.51. The van der Waals surface area contributed by atoms with Gasteiger partial charge in [-0.3, -0.25) is 9.69 Å². The molecule has 0 amide bonds. The van der Waals surface area contributed by atoms with Crippen molar-refractivity contribution in [2.24, 2.45) is 5.41 Å². The molecule has 0 bridgehead atoms. The molecule has 2 fully saturated rings. The highest BCUT2D eigenvalue weighted by molar-refractivity contribution is 5.73. The fourth-order valence-corrected chi connectivity index (χ4v) is 2.33. The minimum absolute atomic E-state index is 0.193. The van der Waals surface area contributed by atoms with Crippen molar-refractivity contribution in [2.45, 2.75) is 32.0 Å². The molecule has 2 saturated heterocycles. The van der Waals surface area contributed by atoms with Crippen LogP contribution in [0.15, 0.2) is 0 Å². The van der Waals surface area contributed by atoms with E-state index in [0.29, 0.717) is 0 Å². The van der Waals surface area contributed by atoms with Gasteiger partial charge < -0.3 is 14.9 Å². The summed E-state index contributed by atoms with van der Waals surface area (Å²) in [6, 6.07) is -0.257. The summed E-state index contributed by atoms with van der Waals surface area (Å²) < 4.78 is 36.9. The van der Waals surface area contributed by atoms with E-state index in [1.807, 2.05) is 0 Å². The van der Waals surface area contributed by atoms with Crippen LogP contribution in [0.4, 0.5) is 13.2 Å². The largest absolute Gasteiger partial charge is 0.490 e. The summed E-state index contributed by atoms with van der Waals surface area (Å²) in [5, 5.41) is 16.1. The maximum atomic E-state index is 10.9. The van der Waals surface area contributed by atoms with Crippen molar-refractivity contribution < 1.29 is 37.7 Å². The molecule has 0 spiro atoms. The van der Waals surface area contributed by atoms with Crippen molar-refractivity contribution in [3.05, 3.63) is 0 Å². The Kier molecular flexibility index (Phi) is 5.57. The molecule has 0 aromatic carbocycles. The Morgan fingerprint density at radius 3 is 2.19 bits per heavy atom. The molecule has 0 aromatic rings. The van der Waals surface area contributed by atoms with E-state index in [1.54, 1.807) is 0 Å². The summed E-state index contributed by atoms with van der Waals surface area (Å²) >= 11 is 0. The average molecular weight is 313 g/mol. The van der Waals surface area contributed by atoms with Gasteiger partial charge in [-0.2, -0.15) is 13.2 Å². The predicted molar refractivity (Wildman–Crippen MR) is 64.8 cm³/mol. The summed E-state index contributed by atoms with van der Waals surface area (Å²) in [6.45, 7) is 5.50. The first-order valence-corrected chi connectivity index (χ1v) is 6.40. The second kappa shape index (κ2) is 6.61. The first kappa shape index (κ1) is 17.7. The Bertz CT molecular complexity index is 395. The van der Waals surface area contributed by atoms with E-state index in [9.17, 15) is 18.0 Å². The van der Waals surface area contributed by atoms with Gasteiger partial charge in [-0.1, -0.05) is 6.92 Å². The highest BCUT2D eigenvalue weighted by Gasteiger charge is 2.40. The van der Waals surface area contributed by atoms with Gasteiger partial charge in [0.05, 0.1) is 13.2 Å². The average Bonchev–Trinajstić information content (AvgIpc) is 2.74. The fourth-order valence-electron chi connectivity index (χ4n) is 2.33. The van der Waals surface area contributed by atoms with Gasteiger partial charge in [-0.05, 0) is 19.4 Å². The zero-order valence-electron chi connectivity index (χ0n) is 11.5. The number of halogens is 3. The third-order valence-electron chi connectivity index (χ3n) is 3.38. The molecule has 9 heteroatoms. The number of alkyl halides is 3. The van der Waals surface area contributed by atoms with Crippen LogP contribution in [0, 0.1) is 5.41 Å². The summed E-state index contributed by atoms with van der Waals surface area (Å²) in [5.41, 5.74) is 0.193. The quantitative estimate of drug-likeness (QED) is 0.814. The molecule has 6 nitrogen and oxygen atoms in total. The van der Waals surface area contributed by atoms with Crippen molar-refractivity contribution >= 4 is 11.9 Å². The summed E-state index contributed by atoms with van der Waals surface area (Å²) in [4.78, 5) is 21.9. The van der Waals surface area contributed by atoms with Crippen molar-refractivity contribution in [1.82, 2.24) is 4.90 Å². The van der Waals surface area contributed by atoms with Gasteiger partial charge >= 0.3 is 18.1 Å². The molecule has 2 heterocycles. The van der Waals surface area contributed by atoms with Gasteiger partial charge in [0, 0.05) is 12.0 Å². The van der Waals surface area contributed by atoms with E-state index >= 15 is 0 Å². The molecule has 21 heavy (non-hydrogen) atoms. The lowest BCUT2D eigenvalue weighted by molar-refractivity contribution is -0.192. The van der Waals surface area contributed by atoms with E-state index in [2.05, 4.69) is 11.8 Å². The molecule has 2 N–H and O–H groups in total. The third kappa shape index (κ3) is 5.16. The number of hydrogen-bond acceptors (Lipinski definition) is 4. The van der Waals surface area contributed by atoms with Gasteiger partial charge in [0.15, 0.2) is 0 Å². The number of carboxylic acids is 2. The molecule has 0 saturated carbocycles. The Morgan fingerprint density at radius 2 is 1.86 bits per heavy atom. The van der Waals surface area contributed by atoms with Crippen LogP contribution in [-0.4, -0.2) is 65.6 Å². The topological polar surface area (TPSA) is 87.1 Å². The highest BCUT2D eigenvalue weighted by atomic mass is 19.4. The molecule has 0 aliphatic carbocycles. The number of hydrogen-bond donors (Lipinski definition) is 2. The van der Waals surface area contributed by atoms with Gasteiger partial charge in [0.1, 0.15) is 6.04 Å². The second-order valence-electron chi connectivity index (χ2n) is 5.57. The Labute approximate surface area is 119 Å². The maximum absolute atomic E-state index is 10.9. The molecule has 2 aliphatic rings. The van der Waals surface area contributed by atoms with Crippen molar-refractivity contribution in [1.29, 1.82) is 0 Å². The summed E-state index contributed by atoms with van der Waals surface area (Å²) in [6.07, 6.45) is -3.28. The SMILES string of the molecule is CC1(CN2CCCC2C(=O)O)COC1.O=C(O)C(F)(F)F. The lowest BCUT2D eigenvalue weighted by Gasteiger charge is -2.41. The minimum atomic E-state index is -5.08. The molecule has 0 radical (unpaired) electrons. The van der Waals surface area contributed by atoms with E-state index in [0.717, 1.165) is 39.1 Å². The van der Waals surface area contributed by atoms with Crippen LogP contribution in [0.5, 0.6) is 0 Å². The minimum Gasteiger partial charge on any atom is -0.480 e. The van der Waals surface area contributed by atoms with Gasteiger partial charge in [0.2, 0.25) is 0 Å². The van der Waals surface area contributed by atoms with Crippen LogP contribution < -0.4 is 0 Å². The number of ether oxygens (including phenoxy) is 1. The van der Waals surface area contributed by atoms with Crippen LogP contribution in [0.3, 0.4) is 0 Å². The molecule has 122 valence electrons. The predicted octanol–water partition coefficient (Wildman–Crippen LogP) is 1.21. The Balaban J connectivity index is 0.000000270. The van der Waals surface area contributed by atoms with E-state index in [-0.39, 0.29) is 11.5 Å². The van der Waals surface area contributed by atoms with Gasteiger partial charge in [-0.25, -0.2) is 4.79 Å². The summed E-state index contributed by atoms with van der Waals surface area (Å²) in [7, 11) is 0. The van der Waals surface area contributed by atoms with Crippen LogP contribution in [0.25, 0.3) is 0 Å². The molecular weight excluding hydrogens is 295 g/mol. The molecule has 2 aliphatic heterocycles. The van der Waals surface area contributed by atoms with Crippen LogP contribution in [0.2, 0.25) is 0 Å². The van der Waals surface area contributed by atoms with E-state index in [4.69, 9.17) is 19.7 Å². The van der Waals surface area contributed by atoms with E-state index in [1.165, 1.54) is 0 Å². The number of aliphatic carboxylic acids is 2. The molecular formula is C12H18F3NO5. The Hall–Kier alpha value is -1.35. The zero-order valence-corrected chi connectivity index (χ0v) is 11.5. The number of nitrogens with zero attached hydrogens (tertiary/aromatic N) is 1. The smallest absolute Gasteiger partial charge is 0.480 e. The standard InChI is InChI=1S/C10H17NO3.C2HF3O2/c1-10(6-14-7-10)5-11-4-2-3-8(11)9(12)13;3-2(4,5)1(6)7/h8H,2-7H2,1H3,(H,12,13);(H,6,7). The maximum Gasteiger partial charge on any atom is 0.490 e. The molecule has 1 atom stereocenters. The second-order valence-corrected chi connectivity index (χ2v) is 5.57. The summed E-state index contributed by atoms with van der Waals surface area (Å²) in [5.74, 6) is -3.43. The number of likely N-dealkylation sites (tertiary alicyclic amines) is 1. The van der Waals surface area contributed by atoms with Crippen LogP contribution in [-0.2, 0) is 14.3 Å². The van der Waals surface area contributed by atoms with E-state index < -0.39 is 18.1 Å². The molecule has 0 aromatic heterocycles. The first-order valence-electron chi connectivity index (χ1n) is 6.40. The highest BCUT2D eigenvalue weighted by Crippen LogP contribution is 2.30. The lowest BCUT2D eigenvalue weighted by atomic mass is 9.88. The van der Waals surface area contributed by atoms with Crippen LogP contribution in [0.1, 0.15) is 19.8 Å². The number of carbonyl (C=O) groups is 2. The first-order chi connectivity index (χ1) is 9.55. The zero-order chi connectivity index (χ0) is 16.3. The van der Waals surface area contributed by atoms with Crippen LogP contribution >= 0.6 is 0 Å². The van der Waals surface area contributed by atoms with Crippen molar-refractivity contribution in [3.63, 3.8) is 0 Å². The van der Waals surface area contributed by atoms with Gasteiger partial charge in [0.25, 0.3) is 0 Å². The fraction of sp³-hybridized carbons (Fsp3) is 0.833. The van der Waals surface area contributed by atoms with Crippen molar-refractivity contribution in [3.8, 4) is 0 Å².